The van der Waals surface area contributed by atoms with E-state index in [4.69, 9.17) is 5.26 Å². The number of carbonyl (C=O) groups is 1. The molecule has 1 aromatic rings. The molecule has 3 nitrogen and oxygen atoms in total. The maximum Gasteiger partial charge on any atom is 0.225 e. The van der Waals surface area contributed by atoms with Crippen LogP contribution in [0.4, 0.5) is 0 Å². The first-order chi connectivity index (χ1) is 7.63. The second kappa shape index (κ2) is 5.92. The van der Waals surface area contributed by atoms with E-state index in [1.54, 1.807) is 0 Å². The van der Waals surface area contributed by atoms with Crippen molar-refractivity contribution in [2.45, 2.75) is 26.2 Å². The molecule has 0 saturated carbocycles. The van der Waals surface area contributed by atoms with Crippen LogP contribution in [0.15, 0.2) is 24.3 Å². The summed E-state index contributed by atoms with van der Waals surface area (Å²) in [5.74, 6) is 0.389. The number of nitrogens with zero attached hydrogens (tertiary/aromatic N) is 1. The molecule has 0 radical (unpaired) electrons. The highest BCUT2D eigenvalue weighted by Gasteiger charge is 2.03. The Kier molecular flexibility index (Phi) is 4.53. The van der Waals surface area contributed by atoms with Gasteiger partial charge in [-0.15, -0.1) is 0 Å². The van der Waals surface area contributed by atoms with Crippen LogP contribution in [0.25, 0.3) is 0 Å². The van der Waals surface area contributed by atoms with Crippen LogP contribution in [-0.4, -0.2) is 12.5 Å². The van der Waals surface area contributed by atoms with E-state index in [0.29, 0.717) is 12.3 Å². The molecule has 1 amide bonds. The lowest BCUT2D eigenvalue weighted by Crippen LogP contribution is -2.25. The van der Waals surface area contributed by atoms with Gasteiger partial charge >= 0.3 is 0 Å². The standard InChI is InChI=1S/C13H16N2O/c1-10(2)12-5-3-11(4-6-12)9-13(16)15-8-7-14/h3-6,10H,8-9H2,1-2H3,(H,15,16). The number of hydrogen-bond acceptors (Lipinski definition) is 2. The van der Waals surface area contributed by atoms with Crippen molar-refractivity contribution in [1.82, 2.24) is 5.32 Å². The molecule has 0 atom stereocenters. The lowest BCUT2D eigenvalue weighted by atomic mass is 10.0. The molecule has 1 N–H and O–H groups in total. The Morgan fingerprint density at radius 2 is 2.00 bits per heavy atom. The van der Waals surface area contributed by atoms with Gasteiger partial charge in [-0.25, -0.2) is 0 Å². The summed E-state index contributed by atoms with van der Waals surface area (Å²) in [6.45, 7) is 4.34. The number of rotatable bonds is 4. The minimum atomic E-state index is -0.112. The van der Waals surface area contributed by atoms with E-state index in [1.165, 1.54) is 5.56 Å². The average Bonchev–Trinajstić information content (AvgIpc) is 2.27. The fourth-order valence-corrected chi connectivity index (χ4v) is 1.41. The van der Waals surface area contributed by atoms with E-state index < -0.39 is 0 Å². The van der Waals surface area contributed by atoms with Crippen molar-refractivity contribution in [3.8, 4) is 6.07 Å². The summed E-state index contributed by atoms with van der Waals surface area (Å²) >= 11 is 0. The number of nitrogens with one attached hydrogen (secondary N) is 1. The van der Waals surface area contributed by atoms with Gasteiger partial charge in [-0.2, -0.15) is 5.26 Å². The third kappa shape index (κ3) is 3.74. The van der Waals surface area contributed by atoms with Crippen molar-refractivity contribution >= 4 is 5.91 Å². The van der Waals surface area contributed by atoms with Crippen LogP contribution in [0, 0.1) is 11.3 Å². The first-order valence-electron chi connectivity index (χ1n) is 5.36. The Labute approximate surface area is 96.1 Å². The van der Waals surface area contributed by atoms with Gasteiger partial charge in [0.25, 0.3) is 0 Å². The van der Waals surface area contributed by atoms with Gasteiger partial charge in [-0.05, 0) is 17.0 Å². The van der Waals surface area contributed by atoms with Crippen LogP contribution in [0.5, 0.6) is 0 Å². The molecule has 1 aromatic carbocycles. The fraction of sp³-hybridized carbons (Fsp3) is 0.385. The molecule has 0 saturated heterocycles. The van der Waals surface area contributed by atoms with Gasteiger partial charge in [0.05, 0.1) is 12.5 Å². The molecule has 0 spiro atoms. The molecule has 0 aliphatic carbocycles. The fourth-order valence-electron chi connectivity index (χ4n) is 1.41. The van der Waals surface area contributed by atoms with Crippen molar-refractivity contribution in [2.24, 2.45) is 0 Å². The van der Waals surface area contributed by atoms with Gasteiger partial charge in [0.15, 0.2) is 0 Å². The monoisotopic (exact) mass is 216 g/mol. The van der Waals surface area contributed by atoms with Gasteiger partial charge in [0.1, 0.15) is 6.54 Å². The van der Waals surface area contributed by atoms with E-state index in [2.05, 4.69) is 19.2 Å². The van der Waals surface area contributed by atoms with Gasteiger partial charge < -0.3 is 5.32 Å². The summed E-state index contributed by atoms with van der Waals surface area (Å²) < 4.78 is 0. The van der Waals surface area contributed by atoms with Crippen LogP contribution in [0.1, 0.15) is 30.9 Å². The topological polar surface area (TPSA) is 52.9 Å². The summed E-state index contributed by atoms with van der Waals surface area (Å²) in [4.78, 5) is 11.3. The molecule has 0 aliphatic heterocycles. The second-order valence-corrected chi connectivity index (χ2v) is 4.01. The zero-order valence-electron chi connectivity index (χ0n) is 9.66. The zero-order valence-corrected chi connectivity index (χ0v) is 9.66. The van der Waals surface area contributed by atoms with Crippen LogP contribution in [0.3, 0.4) is 0 Å². The minimum Gasteiger partial charge on any atom is -0.343 e. The van der Waals surface area contributed by atoms with Crippen LogP contribution in [0.2, 0.25) is 0 Å². The summed E-state index contributed by atoms with van der Waals surface area (Å²) in [7, 11) is 0. The average molecular weight is 216 g/mol. The normalized spacial score (nSPS) is 9.88. The smallest absolute Gasteiger partial charge is 0.225 e. The lowest BCUT2D eigenvalue weighted by molar-refractivity contribution is -0.120. The van der Waals surface area contributed by atoms with Crippen molar-refractivity contribution in [1.29, 1.82) is 5.26 Å². The van der Waals surface area contributed by atoms with Crippen molar-refractivity contribution in [2.75, 3.05) is 6.54 Å². The maximum atomic E-state index is 11.3. The Balaban J connectivity index is 2.55. The minimum absolute atomic E-state index is 0.0723. The van der Waals surface area contributed by atoms with E-state index in [9.17, 15) is 4.79 Å². The molecule has 84 valence electrons. The van der Waals surface area contributed by atoms with Crippen molar-refractivity contribution < 1.29 is 4.79 Å². The van der Waals surface area contributed by atoms with Gasteiger partial charge in [-0.1, -0.05) is 38.1 Å². The number of benzene rings is 1. The van der Waals surface area contributed by atoms with Crippen LogP contribution in [-0.2, 0) is 11.2 Å². The summed E-state index contributed by atoms with van der Waals surface area (Å²) in [6.07, 6.45) is 0.333. The molecule has 0 unspecified atom stereocenters. The number of hydrogen-bond donors (Lipinski definition) is 1. The molecule has 0 aliphatic rings. The molecule has 0 heterocycles. The SMILES string of the molecule is CC(C)c1ccc(CC(=O)NCC#N)cc1. The third-order valence-corrected chi connectivity index (χ3v) is 2.38. The van der Waals surface area contributed by atoms with Crippen molar-refractivity contribution in [3.63, 3.8) is 0 Å². The van der Waals surface area contributed by atoms with Gasteiger partial charge in [-0.3, -0.25) is 4.79 Å². The van der Waals surface area contributed by atoms with E-state index in [1.807, 2.05) is 30.3 Å². The highest BCUT2D eigenvalue weighted by atomic mass is 16.1. The quantitative estimate of drug-likeness (QED) is 0.782. The zero-order chi connectivity index (χ0) is 12.0. The number of nitriles is 1. The predicted octanol–water partition coefficient (Wildman–Crippen LogP) is 1.99. The third-order valence-electron chi connectivity index (χ3n) is 2.38. The molecular weight excluding hydrogens is 200 g/mol. The van der Waals surface area contributed by atoms with E-state index in [-0.39, 0.29) is 12.5 Å². The predicted molar refractivity (Wildman–Crippen MR) is 62.9 cm³/mol. The maximum absolute atomic E-state index is 11.3. The first-order valence-corrected chi connectivity index (χ1v) is 5.36. The Morgan fingerprint density at radius 1 is 1.38 bits per heavy atom. The van der Waals surface area contributed by atoms with E-state index >= 15 is 0 Å². The number of carbonyl (C=O) groups excluding carboxylic acids is 1. The molecule has 0 fully saturated rings. The Bertz CT molecular complexity index is 387. The lowest BCUT2D eigenvalue weighted by Gasteiger charge is -2.06. The van der Waals surface area contributed by atoms with Gasteiger partial charge in [0.2, 0.25) is 5.91 Å². The van der Waals surface area contributed by atoms with E-state index in [0.717, 1.165) is 5.56 Å². The molecule has 3 heteroatoms. The molecule has 0 aromatic heterocycles. The molecular formula is C13H16N2O. The molecule has 16 heavy (non-hydrogen) atoms. The summed E-state index contributed by atoms with van der Waals surface area (Å²) in [6, 6.07) is 9.87. The second-order valence-electron chi connectivity index (χ2n) is 4.01. The summed E-state index contributed by atoms with van der Waals surface area (Å²) in [5.41, 5.74) is 2.24. The Morgan fingerprint density at radius 3 is 2.50 bits per heavy atom. The highest BCUT2D eigenvalue weighted by molar-refractivity contribution is 5.78. The largest absolute Gasteiger partial charge is 0.343 e. The highest BCUT2D eigenvalue weighted by Crippen LogP contribution is 2.14. The van der Waals surface area contributed by atoms with Gasteiger partial charge in [0, 0.05) is 0 Å². The molecule has 1 rings (SSSR count). The van der Waals surface area contributed by atoms with Crippen molar-refractivity contribution in [3.05, 3.63) is 35.4 Å². The molecule has 0 bridgehead atoms. The first kappa shape index (κ1) is 12.3. The number of amides is 1. The Hall–Kier alpha value is -1.82. The van der Waals surface area contributed by atoms with Crippen LogP contribution >= 0.6 is 0 Å². The summed E-state index contributed by atoms with van der Waals surface area (Å²) in [5, 5.41) is 10.8. The van der Waals surface area contributed by atoms with Crippen LogP contribution < -0.4 is 5.32 Å².